The summed E-state index contributed by atoms with van der Waals surface area (Å²) >= 11 is 5.89. The van der Waals surface area contributed by atoms with Crippen LogP contribution in [0, 0.1) is 0 Å². The largest absolute Gasteiger partial charge is 0.492 e. The van der Waals surface area contributed by atoms with Crippen LogP contribution in [0.5, 0.6) is 5.75 Å². The van der Waals surface area contributed by atoms with Crippen LogP contribution in [0.15, 0.2) is 54.6 Å². The van der Waals surface area contributed by atoms with E-state index in [-0.39, 0.29) is 0 Å². The lowest BCUT2D eigenvalue weighted by Gasteiger charge is -2.05. The highest BCUT2D eigenvalue weighted by atomic mass is 35.5. The molecule has 0 aliphatic rings. The first kappa shape index (κ1) is 13.6. The number of tetrazole rings is 1. The second-order valence-electron chi connectivity index (χ2n) is 4.38. The van der Waals surface area contributed by atoms with Gasteiger partial charge in [-0.15, -0.1) is 10.2 Å². The highest BCUT2D eigenvalue weighted by Crippen LogP contribution is 2.17. The van der Waals surface area contributed by atoms with Crippen molar-refractivity contribution in [2.24, 2.45) is 0 Å². The van der Waals surface area contributed by atoms with Crippen LogP contribution in [0.25, 0.3) is 11.4 Å². The Morgan fingerprint density at radius 2 is 1.90 bits per heavy atom. The highest BCUT2D eigenvalue weighted by Gasteiger charge is 2.05. The third-order valence-corrected chi connectivity index (χ3v) is 3.08. The number of rotatable bonds is 5. The van der Waals surface area contributed by atoms with Gasteiger partial charge in [-0.1, -0.05) is 48.0 Å². The van der Waals surface area contributed by atoms with Gasteiger partial charge in [0.2, 0.25) is 5.82 Å². The van der Waals surface area contributed by atoms with E-state index in [0.29, 0.717) is 24.0 Å². The molecule has 0 radical (unpaired) electrons. The van der Waals surface area contributed by atoms with Crippen molar-refractivity contribution < 1.29 is 4.74 Å². The SMILES string of the molecule is Clc1cccc(OCCn2nnc(-c3ccccc3)n2)c1. The van der Waals surface area contributed by atoms with Gasteiger partial charge in [0.1, 0.15) is 12.4 Å². The minimum Gasteiger partial charge on any atom is -0.492 e. The van der Waals surface area contributed by atoms with E-state index in [0.717, 1.165) is 11.3 Å². The van der Waals surface area contributed by atoms with Gasteiger partial charge in [0, 0.05) is 10.6 Å². The zero-order valence-electron chi connectivity index (χ0n) is 11.2. The van der Waals surface area contributed by atoms with Gasteiger partial charge in [0.05, 0.1) is 6.54 Å². The molecule has 0 unspecified atom stereocenters. The summed E-state index contributed by atoms with van der Waals surface area (Å²) in [6, 6.07) is 17.0. The minimum absolute atomic E-state index is 0.449. The Kier molecular flexibility index (Phi) is 4.12. The van der Waals surface area contributed by atoms with Crippen molar-refractivity contribution in [2.45, 2.75) is 6.54 Å². The van der Waals surface area contributed by atoms with E-state index < -0.39 is 0 Å². The van der Waals surface area contributed by atoms with Gasteiger partial charge in [-0.25, -0.2) is 0 Å². The zero-order chi connectivity index (χ0) is 14.5. The molecule has 0 bridgehead atoms. The third-order valence-electron chi connectivity index (χ3n) is 2.84. The maximum atomic E-state index is 5.89. The average molecular weight is 301 g/mol. The molecule has 106 valence electrons. The Bertz CT molecular complexity index is 714. The van der Waals surface area contributed by atoms with Crippen molar-refractivity contribution in [3.05, 3.63) is 59.6 Å². The first-order valence-corrected chi connectivity index (χ1v) is 6.91. The molecule has 0 aliphatic heterocycles. The lowest BCUT2D eigenvalue weighted by Crippen LogP contribution is -2.11. The maximum Gasteiger partial charge on any atom is 0.204 e. The molecule has 0 amide bonds. The molecule has 3 rings (SSSR count). The van der Waals surface area contributed by atoms with Gasteiger partial charge in [-0.2, -0.15) is 4.80 Å². The third kappa shape index (κ3) is 3.58. The van der Waals surface area contributed by atoms with E-state index in [4.69, 9.17) is 16.3 Å². The predicted octanol–water partition coefficient (Wildman–Crippen LogP) is 3.07. The Balaban J connectivity index is 1.58. The number of aromatic nitrogens is 4. The van der Waals surface area contributed by atoms with Gasteiger partial charge in [0.15, 0.2) is 0 Å². The number of benzene rings is 2. The lowest BCUT2D eigenvalue weighted by atomic mass is 10.2. The van der Waals surface area contributed by atoms with E-state index in [9.17, 15) is 0 Å². The summed E-state index contributed by atoms with van der Waals surface area (Å²) in [7, 11) is 0. The Morgan fingerprint density at radius 3 is 2.71 bits per heavy atom. The van der Waals surface area contributed by atoms with Crippen LogP contribution in [-0.2, 0) is 6.54 Å². The average Bonchev–Trinajstić information content (AvgIpc) is 2.97. The summed E-state index contributed by atoms with van der Waals surface area (Å²) < 4.78 is 5.59. The molecule has 0 saturated heterocycles. The molecule has 1 aromatic heterocycles. The number of halogens is 1. The summed E-state index contributed by atoms with van der Waals surface area (Å²) in [4.78, 5) is 1.52. The summed E-state index contributed by atoms with van der Waals surface area (Å²) in [5.41, 5.74) is 0.944. The van der Waals surface area contributed by atoms with Crippen LogP contribution in [0.2, 0.25) is 5.02 Å². The molecule has 0 spiro atoms. The zero-order valence-corrected chi connectivity index (χ0v) is 11.9. The molecule has 0 saturated carbocycles. The molecule has 1 heterocycles. The highest BCUT2D eigenvalue weighted by molar-refractivity contribution is 6.30. The minimum atomic E-state index is 0.449. The fourth-order valence-corrected chi connectivity index (χ4v) is 2.02. The van der Waals surface area contributed by atoms with Crippen molar-refractivity contribution >= 4 is 11.6 Å². The lowest BCUT2D eigenvalue weighted by molar-refractivity contribution is 0.280. The number of hydrogen-bond donors (Lipinski definition) is 0. The van der Waals surface area contributed by atoms with Crippen molar-refractivity contribution in [3.63, 3.8) is 0 Å². The molecule has 0 fully saturated rings. The molecular weight excluding hydrogens is 288 g/mol. The summed E-state index contributed by atoms with van der Waals surface area (Å²) in [5.74, 6) is 1.34. The number of hydrogen-bond acceptors (Lipinski definition) is 4. The summed E-state index contributed by atoms with van der Waals surface area (Å²) in [6.07, 6.45) is 0. The standard InChI is InChI=1S/C15H13ClN4O/c16-13-7-4-8-14(11-13)21-10-9-20-18-15(17-19-20)12-5-2-1-3-6-12/h1-8,11H,9-10H2. The van der Waals surface area contributed by atoms with E-state index in [1.54, 1.807) is 12.1 Å². The smallest absolute Gasteiger partial charge is 0.204 e. The molecular formula is C15H13ClN4O. The van der Waals surface area contributed by atoms with E-state index >= 15 is 0 Å². The van der Waals surface area contributed by atoms with Gasteiger partial charge in [-0.3, -0.25) is 0 Å². The van der Waals surface area contributed by atoms with Crippen LogP contribution in [-0.4, -0.2) is 26.8 Å². The van der Waals surface area contributed by atoms with Crippen molar-refractivity contribution in [3.8, 4) is 17.1 Å². The first-order valence-electron chi connectivity index (χ1n) is 6.53. The summed E-state index contributed by atoms with van der Waals surface area (Å²) in [5, 5.41) is 13.0. The van der Waals surface area contributed by atoms with E-state index in [2.05, 4.69) is 15.4 Å². The van der Waals surface area contributed by atoms with Crippen LogP contribution < -0.4 is 4.74 Å². The molecule has 3 aromatic rings. The molecule has 21 heavy (non-hydrogen) atoms. The Hall–Kier alpha value is -2.40. The normalized spacial score (nSPS) is 10.5. The quantitative estimate of drug-likeness (QED) is 0.726. The van der Waals surface area contributed by atoms with Gasteiger partial charge in [-0.05, 0) is 23.4 Å². The second-order valence-corrected chi connectivity index (χ2v) is 4.82. The van der Waals surface area contributed by atoms with Crippen LogP contribution in [0.3, 0.4) is 0 Å². The Labute approximate surface area is 127 Å². The topological polar surface area (TPSA) is 52.8 Å². The molecule has 5 nitrogen and oxygen atoms in total. The number of nitrogens with zero attached hydrogens (tertiary/aromatic N) is 4. The monoisotopic (exact) mass is 300 g/mol. The Morgan fingerprint density at radius 1 is 1.05 bits per heavy atom. The number of ether oxygens (including phenoxy) is 1. The molecule has 0 aliphatic carbocycles. The summed E-state index contributed by atoms with van der Waals surface area (Å²) in [6.45, 7) is 0.970. The van der Waals surface area contributed by atoms with E-state index in [1.165, 1.54) is 4.80 Å². The van der Waals surface area contributed by atoms with Crippen LogP contribution >= 0.6 is 11.6 Å². The fraction of sp³-hybridized carbons (Fsp3) is 0.133. The van der Waals surface area contributed by atoms with E-state index in [1.807, 2.05) is 42.5 Å². The van der Waals surface area contributed by atoms with Crippen LogP contribution in [0.4, 0.5) is 0 Å². The first-order chi connectivity index (χ1) is 10.3. The predicted molar refractivity (Wildman–Crippen MR) is 80.2 cm³/mol. The van der Waals surface area contributed by atoms with Crippen molar-refractivity contribution in [1.82, 2.24) is 20.2 Å². The van der Waals surface area contributed by atoms with Crippen molar-refractivity contribution in [1.29, 1.82) is 0 Å². The second kappa shape index (κ2) is 6.37. The van der Waals surface area contributed by atoms with Crippen molar-refractivity contribution in [2.75, 3.05) is 6.61 Å². The van der Waals surface area contributed by atoms with Gasteiger partial charge >= 0.3 is 0 Å². The van der Waals surface area contributed by atoms with Crippen LogP contribution in [0.1, 0.15) is 0 Å². The van der Waals surface area contributed by atoms with Gasteiger partial charge < -0.3 is 4.74 Å². The molecule has 2 aromatic carbocycles. The molecule has 6 heteroatoms. The maximum absolute atomic E-state index is 5.89. The van der Waals surface area contributed by atoms with Gasteiger partial charge in [0.25, 0.3) is 0 Å². The fourth-order valence-electron chi connectivity index (χ4n) is 1.84. The molecule has 0 N–H and O–H groups in total. The molecule has 0 atom stereocenters.